The number of rotatable bonds is 12. The molecule has 0 saturated carbocycles. The van der Waals surface area contributed by atoms with Crippen LogP contribution in [0.25, 0.3) is 0 Å². The average Bonchev–Trinajstić information content (AvgIpc) is 2.81. The summed E-state index contributed by atoms with van der Waals surface area (Å²) in [5.74, 6) is 0.823. The molecule has 0 fully saturated rings. The van der Waals surface area contributed by atoms with Crippen LogP contribution < -0.4 is 14.7 Å². The van der Waals surface area contributed by atoms with Crippen molar-refractivity contribution in [3.05, 3.63) is 76.9 Å². The van der Waals surface area contributed by atoms with Crippen molar-refractivity contribution in [2.75, 3.05) is 7.11 Å². The highest BCUT2D eigenvalue weighted by molar-refractivity contribution is 6.68. The number of hydrogen-bond donors (Lipinski definition) is 0. The number of allylic oxidation sites excluding steroid dienone is 1. The molecule has 0 aliphatic carbocycles. The normalized spacial score (nSPS) is 10.8. The Morgan fingerprint density at radius 1 is 1.09 bits per heavy atom. The maximum Gasteiger partial charge on any atom is 0.490 e. The number of carbonyl (C=O) groups excluding carboxylic acids is 1. The zero-order chi connectivity index (χ0) is 24.5. The van der Waals surface area contributed by atoms with Gasteiger partial charge in [-0.25, -0.2) is 4.79 Å². The van der Waals surface area contributed by atoms with E-state index in [-0.39, 0.29) is 10.0 Å². The topological polar surface area (TPSA) is 63.2 Å². The number of methoxy groups -OCH3 is 1. The molecule has 0 bridgehead atoms. The summed E-state index contributed by atoms with van der Waals surface area (Å²) in [5.41, 5.74) is 6.28. The van der Waals surface area contributed by atoms with Gasteiger partial charge in [-0.3, -0.25) is 0 Å². The molecule has 0 heterocycles. The first-order chi connectivity index (χ1) is 15.8. The lowest BCUT2D eigenvalue weighted by Gasteiger charge is -2.24. The Hall–Kier alpha value is -2.44. The van der Waals surface area contributed by atoms with Crippen molar-refractivity contribution in [3.8, 4) is 11.5 Å². The largest absolute Gasteiger partial charge is 0.493 e. The summed E-state index contributed by atoms with van der Waals surface area (Å²) in [5, 5.41) is 0.886. The minimum Gasteiger partial charge on any atom is -0.493 e. The first-order valence-electron chi connectivity index (χ1n) is 10.2. The molecule has 6 nitrogen and oxygen atoms in total. The van der Waals surface area contributed by atoms with E-state index in [0.29, 0.717) is 18.1 Å². The van der Waals surface area contributed by atoms with Gasteiger partial charge in [0, 0.05) is 11.3 Å². The van der Waals surface area contributed by atoms with E-state index in [1.807, 2.05) is 52.0 Å². The third-order valence-corrected chi connectivity index (χ3v) is 8.45. The second-order valence-electron chi connectivity index (χ2n) is 7.32. The van der Waals surface area contributed by atoms with Crippen molar-refractivity contribution in [2.45, 2.75) is 40.7 Å². The fourth-order valence-corrected chi connectivity index (χ4v) is 6.28. The van der Waals surface area contributed by atoms with Crippen LogP contribution in [0.15, 0.2) is 43.5 Å². The third-order valence-electron chi connectivity index (χ3n) is 5.50. The van der Waals surface area contributed by atoms with E-state index < -0.39 is 15.3 Å². The van der Waals surface area contributed by atoms with E-state index in [4.69, 9.17) is 22.1 Å². The molecule has 6 radical (unpaired) electrons. The molecule has 33 heavy (non-hydrogen) atoms. The molecule has 2 aromatic carbocycles. The van der Waals surface area contributed by atoms with Crippen molar-refractivity contribution in [1.82, 2.24) is 0 Å². The van der Waals surface area contributed by atoms with Crippen LogP contribution in [0.2, 0.25) is 0 Å². The van der Waals surface area contributed by atoms with Gasteiger partial charge in [-0.05, 0) is 79.6 Å². The molecule has 2 aromatic rings. The summed E-state index contributed by atoms with van der Waals surface area (Å²) in [6.07, 6.45) is 3.75. The van der Waals surface area contributed by atoms with Gasteiger partial charge in [0.15, 0.2) is 11.5 Å². The van der Waals surface area contributed by atoms with Gasteiger partial charge in [0.25, 0.3) is 0 Å². The van der Waals surface area contributed by atoms with Crippen LogP contribution in [-0.2, 0) is 30.5 Å². The highest BCUT2D eigenvalue weighted by Crippen LogP contribution is 2.30. The summed E-state index contributed by atoms with van der Waals surface area (Å²) in [4.78, 5) is 11.9. The smallest absolute Gasteiger partial charge is 0.490 e. The van der Waals surface area contributed by atoms with Crippen molar-refractivity contribution in [3.63, 3.8) is 0 Å². The minimum atomic E-state index is -2.14. The lowest BCUT2D eigenvalue weighted by molar-refractivity contribution is -0.129. The Morgan fingerprint density at radius 2 is 1.76 bits per heavy atom. The average molecular weight is 497 g/mol. The number of ether oxygens (including phenoxy) is 2. The molecule has 0 aromatic heterocycles. The van der Waals surface area contributed by atoms with Gasteiger partial charge in [-0.2, -0.15) is 0 Å². The monoisotopic (exact) mass is 496 g/mol. The first kappa shape index (κ1) is 26.8. The van der Waals surface area contributed by atoms with Crippen LogP contribution in [0, 0.1) is 27.7 Å². The van der Waals surface area contributed by atoms with Gasteiger partial charge in [0.1, 0.15) is 6.61 Å². The third kappa shape index (κ3) is 6.55. The van der Waals surface area contributed by atoms with E-state index in [1.165, 1.54) is 0 Å². The Labute approximate surface area is 204 Å². The van der Waals surface area contributed by atoms with Gasteiger partial charge < -0.3 is 22.1 Å². The molecule has 0 unspecified atom stereocenters. The quantitative estimate of drug-likeness (QED) is 0.255. The molecule has 2 rings (SSSR count). The fourth-order valence-electron chi connectivity index (χ4n) is 3.50. The van der Waals surface area contributed by atoms with Crippen molar-refractivity contribution >= 4 is 40.9 Å². The Kier molecular flexibility index (Phi) is 10.3. The number of carbonyl (C=O) groups is 1. The van der Waals surface area contributed by atoms with Crippen LogP contribution in [0.5, 0.6) is 11.5 Å². The standard InChI is InChI=1S/C24H28O6Si3/c1-8-10-19-11-12-21(22(13-19)26-7)27-14-20-15(3)17(5)24(18(6)16(20)4)33(30-32-29-31)28-23(25)9-2/h8-9,11-13H,1-2,10,14H2,3-7H3. The fraction of sp³-hybridized carbons (Fsp3) is 0.292. The molecule has 172 valence electrons. The molecule has 0 aliphatic heterocycles. The van der Waals surface area contributed by atoms with E-state index in [9.17, 15) is 4.79 Å². The Morgan fingerprint density at radius 3 is 2.30 bits per heavy atom. The highest BCUT2D eigenvalue weighted by atomic mass is 28.4. The summed E-state index contributed by atoms with van der Waals surface area (Å²) >= 11 is 0. The summed E-state index contributed by atoms with van der Waals surface area (Å²) < 4.78 is 27.9. The van der Waals surface area contributed by atoms with Gasteiger partial charge in [-0.1, -0.05) is 18.7 Å². The van der Waals surface area contributed by atoms with E-state index in [2.05, 4.69) is 23.6 Å². The number of benzene rings is 2. The lowest BCUT2D eigenvalue weighted by Crippen LogP contribution is -2.44. The van der Waals surface area contributed by atoms with E-state index >= 15 is 0 Å². The maximum absolute atomic E-state index is 11.9. The molecular formula is C24H28O6Si3. The van der Waals surface area contributed by atoms with Crippen LogP contribution in [0.4, 0.5) is 0 Å². The summed E-state index contributed by atoms with van der Waals surface area (Å²) in [7, 11) is 2.12. The minimum absolute atomic E-state index is 0.314. The highest BCUT2D eigenvalue weighted by Gasteiger charge is 2.30. The predicted octanol–water partition coefficient (Wildman–Crippen LogP) is 3.31. The molecule has 0 N–H and O–H groups in total. The number of hydrogen-bond acceptors (Lipinski definition) is 6. The first-order valence-corrected chi connectivity index (χ1v) is 12.8. The molecule has 9 heteroatoms. The van der Waals surface area contributed by atoms with Gasteiger partial charge in [0.2, 0.25) is 10.5 Å². The zero-order valence-corrected chi connectivity index (χ0v) is 22.7. The van der Waals surface area contributed by atoms with Crippen molar-refractivity contribution < 1.29 is 26.9 Å². The van der Waals surface area contributed by atoms with Gasteiger partial charge >= 0.3 is 25.3 Å². The second kappa shape index (κ2) is 12.7. The van der Waals surface area contributed by atoms with Crippen LogP contribution in [0.3, 0.4) is 0 Å². The van der Waals surface area contributed by atoms with Gasteiger partial charge in [-0.15, -0.1) is 6.58 Å². The van der Waals surface area contributed by atoms with E-state index in [1.54, 1.807) is 7.11 Å². The van der Waals surface area contributed by atoms with Crippen LogP contribution in [0.1, 0.15) is 33.4 Å². The molecule has 0 atom stereocenters. The maximum atomic E-state index is 11.9. The molecule has 0 amide bonds. The van der Waals surface area contributed by atoms with Crippen LogP contribution in [-0.4, -0.2) is 42.9 Å². The summed E-state index contributed by atoms with van der Waals surface area (Å²) in [6, 6.07) is 5.88. The van der Waals surface area contributed by atoms with Crippen molar-refractivity contribution in [2.24, 2.45) is 0 Å². The zero-order valence-electron chi connectivity index (χ0n) is 19.7. The molecular weight excluding hydrogens is 469 g/mol. The SMILES string of the molecule is C=CCc1ccc(OCc2c(C)c(C)c([Si](O[Si]O[Si])OC(=O)C=C)c(C)c2C)c(OC)c1. The van der Waals surface area contributed by atoms with Gasteiger partial charge in [0.05, 0.1) is 7.11 Å². The predicted molar refractivity (Wildman–Crippen MR) is 132 cm³/mol. The van der Waals surface area contributed by atoms with E-state index in [0.717, 1.165) is 51.1 Å². The van der Waals surface area contributed by atoms with Crippen LogP contribution >= 0.6 is 0 Å². The Bertz CT molecular complexity index is 993. The molecule has 0 spiro atoms. The Balaban J connectivity index is 2.40. The summed E-state index contributed by atoms with van der Waals surface area (Å²) in [6.45, 7) is 15.7. The second-order valence-corrected chi connectivity index (χ2v) is 10.4. The lowest BCUT2D eigenvalue weighted by atomic mass is 9.94. The molecule has 0 aliphatic rings. The van der Waals surface area contributed by atoms with Crippen molar-refractivity contribution in [1.29, 1.82) is 0 Å². The molecule has 0 saturated heterocycles.